The predicted octanol–water partition coefficient (Wildman–Crippen LogP) is 2.68. The van der Waals surface area contributed by atoms with Gasteiger partial charge in [-0.05, 0) is 13.3 Å². The van der Waals surface area contributed by atoms with Gasteiger partial charge >= 0.3 is 0 Å². The zero-order chi connectivity index (χ0) is 11.8. The lowest BCUT2D eigenvalue weighted by molar-refractivity contribution is -0.117. The molecule has 0 spiro atoms. The van der Waals surface area contributed by atoms with Crippen LogP contribution in [0.4, 0.5) is 0 Å². The van der Waals surface area contributed by atoms with Gasteiger partial charge in [0.25, 0.3) is 5.91 Å². The van der Waals surface area contributed by atoms with E-state index in [2.05, 4.69) is 12.2 Å². The standard InChI is InChI=1S/C12H21NO2S/c1-3-4-5-6-7-13-12(14)11-10(2)15-8-9-16-11/h3-9H2,1-2H3,(H,13,14). The van der Waals surface area contributed by atoms with Crippen LogP contribution in [0, 0.1) is 0 Å². The van der Waals surface area contributed by atoms with Crippen LogP contribution in [0.1, 0.15) is 39.5 Å². The van der Waals surface area contributed by atoms with Crippen LogP contribution in [-0.2, 0) is 9.53 Å². The molecule has 92 valence electrons. The Morgan fingerprint density at radius 3 is 2.94 bits per heavy atom. The maximum absolute atomic E-state index is 11.8. The zero-order valence-electron chi connectivity index (χ0n) is 10.2. The van der Waals surface area contributed by atoms with Crippen molar-refractivity contribution in [2.45, 2.75) is 39.5 Å². The van der Waals surface area contributed by atoms with Crippen LogP contribution < -0.4 is 5.32 Å². The number of ether oxygens (including phenoxy) is 1. The van der Waals surface area contributed by atoms with E-state index in [4.69, 9.17) is 4.74 Å². The summed E-state index contributed by atoms with van der Waals surface area (Å²) in [4.78, 5) is 12.5. The van der Waals surface area contributed by atoms with E-state index in [1.165, 1.54) is 19.3 Å². The average molecular weight is 243 g/mol. The molecule has 0 aromatic carbocycles. The van der Waals surface area contributed by atoms with E-state index in [-0.39, 0.29) is 5.91 Å². The first-order valence-corrected chi connectivity index (χ1v) is 6.99. The molecular weight excluding hydrogens is 222 g/mol. The number of allylic oxidation sites excluding steroid dienone is 1. The molecule has 1 heterocycles. The Morgan fingerprint density at radius 2 is 2.25 bits per heavy atom. The van der Waals surface area contributed by atoms with Crippen molar-refractivity contribution in [3.8, 4) is 0 Å². The lowest BCUT2D eigenvalue weighted by atomic mass is 10.2. The summed E-state index contributed by atoms with van der Waals surface area (Å²) in [6, 6.07) is 0. The van der Waals surface area contributed by atoms with Crippen molar-refractivity contribution in [3.05, 3.63) is 10.7 Å². The fraction of sp³-hybridized carbons (Fsp3) is 0.750. The van der Waals surface area contributed by atoms with Gasteiger partial charge in [-0.3, -0.25) is 4.79 Å². The summed E-state index contributed by atoms with van der Waals surface area (Å²) < 4.78 is 5.35. The molecule has 0 saturated carbocycles. The molecule has 0 atom stereocenters. The second kappa shape index (κ2) is 7.60. The zero-order valence-corrected chi connectivity index (χ0v) is 11.0. The first-order chi connectivity index (χ1) is 7.75. The molecule has 0 radical (unpaired) electrons. The normalized spacial score (nSPS) is 15.9. The molecule has 4 heteroatoms. The number of thioether (sulfide) groups is 1. The lowest BCUT2D eigenvalue weighted by Crippen LogP contribution is -2.27. The number of carbonyl (C=O) groups excluding carboxylic acids is 1. The Morgan fingerprint density at radius 1 is 1.44 bits per heavy atom. The highest BCUT2D eigenvalue weighted by Crippen LogP contribution is 2.25. The number of hydrogen-bond donors (Lipinski definition) is 1. The minimum Gasteiger partial charge on any atom is -0.496 e. The van der Waals surface area contributed by atoms with Crippen molar-refractivity contribution >= 4 is 17.7 Å². The third kappa shape index (κ3) is 4.47. The van der Waals surface area contributed by atoms with Gasteiger partial charge < -0.3 is 10.1 Å². The topological polar surface area (TPSA) is 38.3 Å². The number of carbonyl (C=O) groups is 1. The van der Waals surface area contributed by atoms with E-state index in [1.54, 1.807) is 11.8 Å². The van der Waals surface area contributed by atoms with Crippen LogP contribution >= 0.6 is 11.8 Å². The Kier molecular flexibility index (Phi) is 6.38. The predicted molar refractivity (Wildman–Crippen MR) is 68.3 cm³/mol. The van der Waals surface area contributed by atoms with E-state index in [0.717, 1.165) is 29.4 Å². The van der Waals surface area contributed by atoms with Gasteiger partial charge in [0.2, 0.25) is 0 Å². The molecule has 0 fully saturated rings. The van der Waals surface area contributed by atoms with Crippen molar-refractivity contribution in [1.29, 1.82) is 0 Å². The summed E-state index contributed by atoms with van der Waals surface area (Å²) >= 11 is 1.59. The van der Waals surface area contributed by atoms with Crippen molar-refractivity contribution in [2.75, 3.05) is 18.9 Å². The Balaban J connectivity index is 2.24. The summed E-state index contributed by atoms with van der Waals surface area (Å²) in [5.74, 6) is 1.66. The number of unbranched alkanes of at least 4 members (excludes halogenated alkanes) is 3. The van der Waals surface area contributed by atoms with E-state index >= 15 is 0 Å². The minimum atomic E-state index is 0.0266. The number of hydrogen-bond acceptors (Lipinski definition) is 3. The molecule has 0 aromatic heterocycles. The summed E-state index contributed by atoms with van der Waals surface area (Å²) in [5, 5.41) is 2.94. The summed E-state index contributed by atoms with van der Waals surface area (Å²) in [7, 11) is 0. The van der Waals surface area contributed by atoms with Crippen LogP contribution in [0.2, 0.25) is 0 Å². The highest BCUT2D eigenvalue weighted by molar-refractivity contribution is 8.04. The number of rotatable bonds is 6. The van der Waals surface area contributed by atoms with E-state index in [1.807, 2.05) is 6.92 Å². The van der Waals surface area contributed by atoms with Crippen LogP contribution in [0.15, 0.2) is 10.7 Å². The molecular formula is C12H21NO2S. The molecule has 0 saturated heterocycles. The quantitative estimate of drug-likeness (QED) is 0.729. The Bertz CT molecular complexity index is 264. The van der Waals surface area contributed by atoms with Crippen LogP contribution in [0.3, 0.4) is 0 Å². The Labute approximate surface area is 102 Å². The molecule has 1 N–H and O–H groups in total. The molecule has 1 aliphatic rings. The lowest BCUT2D eigenvalue weighted by Gasteiger charge is -2.17. The van der Waals surface area contributed by atoms with E-state index in [0.29, 0.717) is 6.61 Å². The smallest absolute Gasteiger partial charge is 0.261 e. The van der Waals surface area contributed by atoms with Gasteiger partial charge in [0.1, 0.15) is 10.7 Å². The maximum atomic E-state index is 11.8. The summed E-state index contributed by atoms with van der Waals surface area (Å²) in [6.07, 6.45) is 4.73. The van der Waals surface area contributed by atoms with E-state index in [9.17, 15) is 4.79 Å². The first-order valence-electron chi connectivity index (χ1n) is 6.00. The van der Waals surface area contributed by atoms with Gasteiger partial charge in [-0.25, -0.2) is 0 Å². The minimum absolute atomic E-state index is 0.0266. The molecule has 1 aliphatic heterocycles. The second-order valence-electron chi connectivity index (χ2n) is 3.90. The van der Waals surface area contributed by atoms with Crippen molar-refractivity contribution < 1.29 is 9.53 Å². The van der Waals surface area contributed by atoms with Crippen LogP contribution in [-0.4, -0.2) is 24.8 Å². The second-order valence-corrected chi connectivity index (χ2v) is 5.00. The van der Waals surface area contributed by atoms with Crippen molar-refractivity contribution in [1.82, 2.24) is 5.32 Å². The summed E-state index contributed by atoms with van der Waals surface area (Å²) in [6.45, 7) is 5.53. The molecule has 1 rings (SSSR count). The monoisotopic (exact) mass is 243 g/mol. The summed E-state index contributed by atoms with van der Waals surface area (Å²) in [5.41, 5.74) is 0. The van der Waals surface area contributed by atoms with Crippen molar-refractivity contribution in [2.24, 2.45) is 0 Å². The van der Waals surface area contributed by atoms with E-state index < -0.39 is 0 Å². The van der Waals surface area contributed by atoms with Gasteiger partial charge in [-0.15, -0.1) is 11.8 Å². The first kappa shape index (κ1) is 13.4. The number of nitrogens with one attached hydrogen (secondary N) is 1. The van der Waals surface area contributed by atoms with Crippen LogP contribution in [0.5, 0.6) is 0 Å². The van der Waals surface area contributed by atoms with Gasteiger partial charge in [-0.2, -0.15) is 0 Å². The molecule has 0 unspecified atom stereocenters. The molecule has 0 aliphatic carbocycles. The maximum Gasteiger partial charge on any atom is 0.261 e. The van der Waals surface area contributed by atoms with Gasteiger partial charge in [0.15, 0.2) is 0 Å². The fourth-order valence-corrected chi connectivity index (χ4v) is 2.40. The Hall–Kier alpha value is -0.640. The van der Waals surface area contributed by atoms with Gasteiger partial charge in [0, 0.05) is 12.3 Å². The SMILES string of the molecule is CCCCCCNC(=O)C1=C(C)OCCS1. The molecule has 0 bridgehead atoms. The molecule has 3 nitrogen and oxygen atoms in total. The van der Waals surface area contributed by atoms with Gasteiger partial charge in [0.05, 0.1) is 6.61 Å². The third-order valence-electron chi connectivity index (χ3n) is 2.49. The number of amides is 1. The van der Waals surface area contributed by atoms with Gasteiger partial charge in [-0.1, -0.05) is 26.2 Å². The fourth-order valence-electron chi connectivity index (χ4n) is 1.57. The van der Waals surface area contributed by atoms with Crippen LogP contribution in [0.25, 0.3) is 0 Å². The molecule has 0 aromatic rings. The van der Waals surface area contributed by atoms with Crippen molar-refractivity contribution in [3.63, 3.8) is 0 Å². The average Bonchev–Trinajstić information content (AvgIpc) is 2.29. The highest BCUT2D eigenvalue weighted by Gasteiger charge is 2.17. The highest BCUT2D eigenvalue weighted by atomic mass is 32.2. The largest absolute Gasteiger partial charge is 0.496 e. The molecule has 16 heavy (non-hydrogen) atoms. The molecule has 1 amide bonds. The third-order valence-corrected chi connectivity index (χ3v) is 3.62.